The molecule has 1 N–H and O–H groups in total. The van der Waals surface area contributed by atoms with E-state index in [9.17, 15) is 9.59 Å². The number of amides is 2. The molecule has 0 saturated carbocycles. The van der Waals surface area contributed by atoms with E-state index in [4.69, 9.17) is 11.6 Å². The number of aromatic nitrogens is 4. The number of aryl methyl sites for hydroxylation is 3. The number of halogens is 1. The van der Waals surface area contributed by atoms with Gasteiger partial charge in [0, 0.05) is 23.3 Å². The van der Waals surface area contributed by atoms with Crippen molar-refractivity contribution in [3.63, 3.8) is 0 Å². The van der Waals surface area contributed by atoms with Crippen LogP contribution in [0.1, 0.15) is 36.1 Å². The number of nitrogens with one attached hydrogen (secondary N) is 1. The fourth-order valence-corrected chi connectivity index (χ4v) is 3.74. The summed E-state index contributed by atoms with van der Waals surface area (Å²) < 4.78 is 0. The van der Waals surface area contributed by atoms with E-state index in [0.717, 1.165) is 27.9 Å². The van der Waals surface area contributed by atoms with Gasteiger partial charge in [0.05, 0.1) is 6.54 Å². The van der Waals surface area contributed by atoms with Gasteiger partial charge in [0.2, 0.25) is 17.6 Å². The van der Waals surface area contributed by atoms with Crippen LogP contribution in [-0.2, 0) is 9.59 Å². The van der Waals surface area contributed by atoms with Gasteiger partial charge in [-0.2, -0.15) is 4.80 Å². The monoisotopic (exact) mass is 454 g/mol. The van der Waals surface area contributed by atoms with Crippen molar-refractivity contribution < 1.29 is 9.59 Å². The van der Waals surface area contributed by atoms with Crippen LogP contribution in [0.15, 0.2) is 36.4 Å². The molecule has 2 aromatic carbocycles. The summed E-state index contributed by atoms with van der Waals surface area (Å²) in [6.45, 7) is 7.69. The van der Waals surface area contributed by atoms with E-state index >= 15 is 0 Å². The van der Waals surface area contributed by atoms with Gasteiger partial charge in [-0.05, 0) is 67.8 Å². The van der Waals surface area contributed by atoms with Crippen molar-refractivity contribution in [1.29, 1.82) is 0 Å². The van der Waals surface area contributed by atoms with Crippen LogP contribution >= 0.6 is 11.6 Å². The van der Waals surface area contributed by atoms with Crippen LogP contribution < -0.4 is 5.32 Å². The van der Waals surface area contributed by atoms with Crippen molar-refractivity contribution in [2.75, 3.05) is 18.9 Å². The third-order valence-electron chi connectivity index (χ3n) is 5.18. The van der Waals surface area contributed by atoms with Gasteiger partial charge in [0.1, 0.15) is 0 Å². The Balaban J connectivity index is 1.69. The van der Waals surface area contributed by atoms with E-state index in [2.05, 4.69) is 20.7 Å². The average molecular weight is 455 g/mol. The Labute approximate surface area is 192 Å². The lowest BCUT2D eigenvalue weighted by molar-refractivity contribution is -0.137. The Morgan fingerprint density at radius 2 is 1.75 bits per heavy atom. The molecule has 9 heteroatoms. The summed E-state index contributed by atoms with van der Waals surface area (Å²) in [7, 11) is 1.59. The van der Waals surface area contributed by atoms with Crippen molar-refractivity contribution in [3.05, 3.63) is 58.1 Å². The van der Waals surface area contributed by atoms with E-state index in [1.165, 1.54) is 9.70 Å². The minimum absolute atomic E-state index is 0.0825. The summed E-state index contributed by atoms with van der Waals surface area (Å²) in [5.74, 6) is -0.127. The highest BCUT2D eigenvalue weighted by atomic mass is 35.5. The lowest BCUT2D eigenvalue weighted by Crippen LogP contribution is -2.40. The molecule has 2 amide bonds. The SMILES string of the molecule is CCC(C(=O)N(C)CC(=O)Nc1c(C)cc(C)cc1C)n1nnc(-c2ccc(Cl)cc2)n1. The molecule has 32 heavy (non-hydrogen) atoms. The summed E-state index contributed by atoms with van der Waals surface area (Å²) in [5.41, 5.74) is 4.63. The Morgan fingerprint density at radius 3 is 2.34 bits per heavy atom. The van der Waals surface area contributed by atoms with E-state index in [-0.39, 0.29) is 18.4 Å². The lowest BCUT2D eigenvalue weighted by Gasteiger charge is -2.22. The molecule has 168 valence electrons. The third kappa shape index (κ3) is 5.31. The maximum atomic E-state index is 13.0. The number of nitrogens with zero attached hydrogens (tertiary/aromatic N) is 5. The van der Waals surface area contributed by atoms with Gasteiger partial charge in [-0.15, -0.1) is 10.2 Å². The highest BCUT2D eigenvalue weighted by Gasteiger charge is 2.26. The normalized spacial score (nSPS) is 11.8. The molecule has 1 aromatic heterocycles. The van der Waals surface area contributed by atoms with Crippen LogP contribution in [0.4, 0.5) is 5.69 Å². The van der Waals surface area contributed by atoms with Gasteiger partial charge in [0.15, 0.2) is 6.04 Å². The molecule has 0 saturated heterocycles. The van der Waals surface area contributed by atoms with Gasteiger partial charge >= 0.3 is 0 Å². The second-order valence-corrected chi connectivity index (χ2v) is 8.32. The van der Waals surface area contributed by atoms with Gasteiger partial charge in [-0.25, -0.2) is 0 Å². The first-order chi connectivity index (χ1) is 15.2. The zero-order valence-electron chi connectivity index (χ0n) is 18.9. The van der Waals surface area contributed by atoms with Crippen molar-refractivity contribution in [2.24, 2.45) is 0 Å². The first-order valence-corrected chi connectivity index (χ1v) is 10.8. The molecular weight excluding hydrogens is 428 g/mol. The average Bonchev–Trinajstić information content (AvgIpc) is 3.21. The maximum Gasteiger partial charge on any atom is 0.249 e. The second-order valence-electron chi connectivity index (χ2n) is 7.88. The highest BCUT2D eigenvalue weighted by Crippen LogP contribution is 2.22. The minimum atomic E-state index is -0.663. The number of tetrazole rings is 1. The standard InChI is InChI=1S/C23H27ClN6O2/c1-6-19(30-27-22(26-28-30)17-7-9-18(24)10-8-17)23(32)29(5)13-20(31)25-21-15(3)11-14(2)12-16(21)4/h7-12,19H,6,13H2,1-5H3,(H,25,31). The fraction of sp³-hybridized carbons (Fsp3) is 0.348. The Kier molecular flexibility index (Phi) is 7.25. The lowest BCUT2D eigenvalue weighted by atomic mass is 10.1. The van der Waals surface area contributed by atoms with Crippen LogP contribution in [0.3, 0.4) is 0 Å². The summed E-state index contributed by atoms with van der Waals surface area (Å²) in [4.78, 5) is 28.3. The zero-order valence-corrected chi connectivity index (χ0v) is 19.6. The molecular formula is C23H27ClN6O2. The van der Waals surface area contributed by atoms with Crippen molar-refractivity contribution in [1.82, 2.24) is 25.1 Å². The molecule has 0 aliphatic carbocycles. The van der Waals surface area contributed by atoms with E-state index < -0.39 is 6.04 Å². The van der Waals surface area contributed by atoms with Gasteiger partial charge in [-0.1, -0.05) is 36.2 Å². The molecule has 1 unspecified atom stereocenters. The first kappa shape index (κ1) is 23.4. The number of benzene rings is 2. The topological polar surface area (TPSA) is 93.0 Å². The van der Waals surface area contributed by atoms with Crippen molar-refractivity contribution in [3.8, 4) is 11.4 Å². The van der Waals surface area contributed by atoms with Gasteiger partial charge in [0.25, 0.3) is 0 Å². The Bertz CT molecular complexity index is 1100. The van der Waals surface area contributed by atoms with Crippen molar-refractivity contribution in [2.45, 2.75) is 40.2 Å². The Hall–Kier alpha value is -3.26. The molecule has 1 heterocycles. The quantitative estimate of drug-likeness (QED) is 0.583. The molecule has 1 atom stereocenters. The predicted molar refractivity (Wildman–Crippen MR) is 125 cm³/mol. The predicted octanol–water partition coefficient (Wildman–Crippen LogP) is 3.97. The van der Waals surface area contributed by atoms with E-state index in [1.807, 2.05) is 39.8 Å². The van der Waals surface area contributed by atoms with Crippen LogP contribution in [0.25, 0.3) is 11.4 Å². The van der Waals surface area contributed by atoms with Crippen LogP contribution in [0, 0.1) is 20.8 Å². The molecule has 0 fully saturated rings. The number of rotatable bonds is 7. The maximum absolute atomic E-state index is 13.0. The molecule has 0 radical (unpaired) electrons. The van der Waals surface area contributed by atoms with E-state index in [0.29, 0.717) is 17.3 Å². The number of anilines is 1. The van der Waals surface area contributed by atoms with Crippen LogP contribution in [0.2, 0.25) is 5.02 Å². The zero-order chi connectivity index (χ0) is 23.4. The summed E-state index contributed by atoms with van der Waals surface area (Å²) in [5, 5.41) is 16.0. The largest absolute Gasteiger partial charge is 0.335 e. The molecule has 3 rings (SSSR count). The minimum Gasteiger partial charge on any atom is -0.335 e. The number of carbonyl (C=O) groups excluding carboxylic acids is 2. The number of likely N-dealkylation sites (N-methyl/N-ethyl adjacent to an activating group) is 1. The van der Waals surface area contributed by atoms with E-state index in [1.54, 1.807) is 31.3 Å². The van der Waals surface area contributed by atoms with Gasteiger partial charge in [-0.3, -0.25) is 9.59 Å². The molecule has 8 nitrogen and oxygen atoms in total. The fourth-order valence-electron chi connectivity index (χ4n) is 3.61. The summed E-state index contributed by atoms with van der Waals surface area (Å²) in [6.07, 6.45) is 0.456. The Morgan fingerprint density at radius 1 is 1.12 bits per heavy atom. The highest BCUT2D eigenvalue weighted by molar-refractivity contribution is 6.30. The first-order valence-electron chi connectivity index (χ1n) is 10.4. The van der Waals surface area contributed by atoms with Crippen molar-refractivity contribution >= 4 is 29.1 Å². The summed E-state index contributed by atoms with van der Waals surface area (Å²) >= 11 is 5.93. The molecule has 0 aliphatic heterocycles. The van der Waals surface area contributed by atoms with Crippen LogP contribution in [0.5, 0.6) is 0 Å². The second kappa shape index (κ2) is 9.91. The molecule has 3 aromatic rings. The molecule has 0 bridgehead atoms. The number of hydrogen-bond acceptors (Lipinski definition) is 5. The smallest absolute Gasteiger partial charge is 0.249 e. The van der Waals surface area contributed by atoms with Crippen LogP contribution in [-0.4, -0.2) is 50.5 Å². The number of carbonyl (C=O) groups is 2. The molecule has 0 spiro atoms. The molecule has 0 aliphatic rings. The third-order valence-corrected chi connectivity index (χ3v) is 5.43. The van der Waals surface area contributed by atoms with Gasteiger partial charge < -0.3 is 10.2 Å². The number of hydrogen-bond donors (Lipinski definition) is 1. The summed E-state index contributed by atoms with van der Waals surface area (Å²) in [6, 6.07) is 10.4.